The summed E-state index contributed by atoms with van der Waals surface area (Å²) in [5.74, 6) is -0.0393. The summed E-state index contributed by atoms with van der Waals surface area (Å²) in [7, 11) is 1.53. The fraction of sp³-hybridized carbons (Fsp3) is 0.409. The minimum absolute atomic E-state index is 0.101. The highest BCUT2D eigenvalue weighted by Crippen LogP contribution is 2.21. The van der Waals surface area contributed by atoms with Crippen molar-refractivity contribution >= 4 is 17.7 Å². The maximum absolute atomic E-state index is 13.2. The number of amides is 3. The number of carbonyl (C=O) groups excluding carboxylic acids is 3. The number of likely N-dealkylation sites (tertiary alicyclic amines) is 1. The number of aromatic nitrogens is 1. The number of likely N-dealkylation sites (N-methyl/N-ethyl adjacent to an activating group) is 1. The van der Waals surface area contributed by atoms with Gasteiger partial charge in [-0.05, 0) is 31.9 Å². The molecule has 1 aliphatic rings. The first kappa shape index (κ1) is 21.4. The van der Waals surface area contributed by atoms with Crippen LogP contribution in [0.1, 0.15) is 46.2 Å². The number of hydrogen-bond acceptors (Lipinski definition) is 4. The van der Waals surface area contributed by atoms with Crippen LogP contribution in [-0.4, -0.2) is 65.8 Å². The van der Waals surface area contributed by atoms with E-state index in [2.05, 4.69) is 10.3 Å². The standard InChI is InChI=1S/C22H28N4O4/c1-3-30-19-9-5-4-8-16(19)14-26(15-20(27)23-2)21(28)17-12-18(24-13-17)22(29)25-10-6-7-11-25/h4-5,8-9,12-13,24H,3,6-7,10-11,14-15H2,1-2H3,(H,23,27). The first-order valence-electron chi connectivity index (χ1n) is 10.2. The molecule has 1 aromatic carbocycles. The number of H-pyrrole nitrogens is 1. The summed E-state index contributed by atoms with van der Waals surface area (Å²) in [6.07, 6.45) is 3.52. The summed E-state index contributed by atoms with van der Waals surface area (Å²) >= 11 is 0. The Hall–Kier alpha value is -3.29. The van der Waals surface area contributed by atoms with E-state index in [1.54, 1.807) is 11.0 Å². The van der Waals surface area contributed by atoms with Crippen molar-refractivity contribution < 1.29 is 19.1 Å². The van der Waals surface area contributed by atoms with Gasteiger partial charge in [0.1, 0.15) is 18.0 Å². The van der Waals surface area contributed by atoms with E-state index in [1.807, 2.05) is 31.2 Å². The van der Waals surface area contributed by atoms with Gasteiger partial charge in [0.15, 0.2) is 0 Å². The second-order valence-corrected chi connectivity index (χ2v) is 7.18. The number of rotatable bonds is 8. The number of nitrogens with one attached hydrogen (secondary N) is 2. The quantitative estimate of drug-likeness (QED) is 0.694. The van der Waals surface area contributed by atoms with Gasteiger partial charge in [0.05, 0.1) is 18.7 Å². The minimum Gasteiger partial charge on any atom is -0.494 e. The summed E-state index contributed by atoms with van der Waals surface area (Å²) < 4.78 is 5.65. The smallest absolute Gasteiger partial charge is 0.270 e. The van der Waals surface area contributed by atoms with E-state index in [1.165, 1.54) is 18.1 Å². The number of hydrogen-bond donors (Lipinski definition) is 2. The van der Waals surface area contributed by atoms with Crippen LogP contribution in [0.2, 0.25) is 0 Å². The van der Waals surface area contributed by atoms with Gasteiger partial charge in [0.2, 0.25) is 5.91 Å². The van der Waals surface area contributed by atoms with Crippen molar-refractivity contribution in [1.82, 2.24) is 20.1 Å². The van der Waals surface area contributed by atoms with Crippen LogP contribution in [-0.2, 0) is 11.3 Å². The zero-order valence-corrected chi connectivity index (χ0v) is 17.4. The van der Waals surface area contributed by atoms with Crippen molar-refractivity contribution in [2.75, 3.05) is 33.3 Å². The number of nitrogens with zero attached hydrogens (tertiary/aromatic N) is 2. The molecule has 2 aromatic rings. The Bertz CT molecular complexity index is 902. The van der Waals surface area contributed by atoms with E-state index >= 15 is 0 Å². The molecule has 0 bridgehead atoms. The lowest BCUT2D eigenvalue weighted by atomic mass is 10.1. The SMILES string of the molecule is CCOc1ccccc1CN(CC(=O)NC)C(=O)c1c[nH]c(C(=O)N2CCCC2)c1. The number of ether oxygens (including phenoxy) is 1. The molecule has 0 saturated carbocycles. The second kappa shape index (κ2) is 9.96. The maximum Gasteiger partial charge on any atom is 0.270 e. The second-order valence-electron chi connectivity index (χ2n) is 7.18. The third-order valence-electron chi connectivity index (χ3n) is 5.09. The summed E-state index contributed by atoms with van der Waals surface area (Å²) in [6, 6.07) is 9.00. The molecule has 30 heavy (non-hydrogen) atoms. The number of benzene rings is 1. The van der Waals surface area contributed by atoms with Crippen molar-refractivity contribution in [1.29, 1.82) is 0 Å². The van der Waals surface area contributed by atoms with Crippen molar-refractivity contribution in [2.45, 2.75) is 26.3 Å². The third kappa shape index (κ3) is 5.00. The monoisotopic (exact) mass is 412 g/mol. The Labute approximate surface area is 176 Å². The Morgan fingerprint density at radius 2 is 1.93 bits per heavy atom. The van der Waals surface area contributed by atoms with Crippen molar-refractivity contribution in [3.05, 3.63) is 53.3 Å². The van der Waals surface area contributed by atoms with Gasteiger partial charge in [-0.3, -0.25) is 14.4 Å². The van der Waals surface area contributed by atoms with Crippen molar-refractivity contribution in [2.24, 2.45) is 0 Å². The van der Waals surface area contributed by atoms with E-state index in [-0.39, 0.29) is 30.8 Å². The molecule has 1 aliphatic heterocycles. The van der Waals surface area contributed by atoms with E-state index in [9.17, 15) is 14.4 Å². The molecule has 3 amide bonds. The van der Waals surface area contributed by atoms with Crippen LogP contribution in [0.15, 0.2) is 36.5 Å². The highest BCUT2D eigenvalue weighted by molar-refractivity contribution is 6.00. The van der Waals surface area contributed by atoms with Crippen LogP contribution >= 0.6 is 0 Å². The van der Waals surface area contributed by atoms with E-state index < -0.39 is 0 Å². The Balaban J connectivity index is 1.81. The van der Waals surface area contributed by atoms with Crippen LogP contribution < -0.4 is 10.1 Å². The normalized spacial score (nSPS) is 13.2. The molecule has 1 saturated heterocycles. The van der Waals surface area contributed by atoms with Gasteiger partial charge in [0.25, 0.3) is 11.8 Å². The molecule has 0 radical (unpaired) electrons. The van der Waals surface area contributed by atoms with Crippen LogP contribution in [0, 0.1) is 0 Å². The maximum atomic E-state index is 13.2. The lowest BCUT2D eigenvalue weighted by Gasteiger charge is -2.23. The highest BCUT2D eigenvalue weighted by Gasteiger charge is 2.25. The van der Waals surface area contributed by atoms with E-state index in [0.717, 1.165) is 31.5 Å². The van der Waals surface area contributed by atoms with Crippen molar-refractivity contribution in [3.8, 4) is 5.75 Å². The predicted octanol–water partition coefficient (Wildman–Crippen LogP) is 2.04. The zero-order chi connectivity index (χ0) is 21.5. The van der Waals surface area contributed by atoms with Gasteiger partial charge in [-0.25, -0.2) is 0 Å². The average Bonchev–Trinajstić information content (AvgIpc) is 3.46. The Kier molecular flexibility index (Phi) is 7.11. The Morgan fingerprint density at radius 1 is 1.20 bits per heavy atom. The summed E-state index contributed by atoms with van der Waals surface area (Å²) in [5.41, 5.74) is 1.53. The molecule has 2 N–H and O–H groups in total. The van der Waals surface area contributed by atoms with Gasteiger partial charge in [-0.2, -0.15) is 0 Å². The molecule has 0 aliphatic carbocycles. The van der Waals surface area contributed by atoms with Gasteiger partial charge < -0.3 is 24.8 Å². The molecule has 8 nitrogen and oxygen atoms in total. The molecule has 0 unspecified atom stereocenters. The minimum atomic E-state index is -0.332. The highest BCUT2D eigenvalue weighted by atomic mass is 16.5. The molecule has 0 atom stereocenters. The topological polar surface area (TPSA) is 94.7 Å². The zero-order valence-electron chi connectivity index (χ0n) is 17.4. The largest absolute Gasteiger partial charge is 0.494 e. The first-order chi connectivity index (χ1) is 14.5. The lowest BCUT2D eigenvalue weighted by molar-refractivity contribution is -0.121. The molecule has 3 rings (SSSR count). The molecule has 0 spiro atoms. The fourth-order valence-corrected chi connectivity index (χ4v) is 3.50. The first-order valence-corrected chi connectivity index (χ1v) is 10.2. The average molecular weight is 412 g/mol. The van der Waals surface area contributed by atoms with Crippen LogP contribution in [0.25, 0.3) is 0 Å². The summed E-state index contributed by atoms with van der Waals surface area (Å²) in [4.78, 5) is 43.9. The van der Waals surface area contributed by atoms with Crippen molar-refractivity contribution in [3.63, 3.8) is 0 Å². The van der Waals surface area contributed by atoms with Crippen LogP contribution in [0.3, 0.4) is 0 Å². The molecular weight excluding hydrogens is 384 g/mol. The summed E-state index contributed by atoms with van der Waals surface area (Å²) in [5, 5.41) is 2.56. The third-order valence-corrected chi connectivity index (χ3v) is 5.09. The number of para-hydroxylation sites is 1. The Morgan fingerprint density at radius 3 is 2.63 bits per heavy atom. The molecular formula is C22H28N4O4. The fourth-order valence-electron chi connectivity index (χ4n) is 3.50. The number of carbonyl (C=O) groups is 3. The predicted molar refractivity (Wildman–Crippen MR) is 112 cm³/mol. The lowest BCUT2D eigenvalue weighted by Crippen LogP contribution is -2.39. The van der Waals surface area contributed by atoms with Crippen LogP contribution in [0.5, 0.6) is 5.75 Å². The van der Waals surface area contributed by atoms with Crippen LogP contribution in [0.4, 0.5) is 0 Å². The number of aromatic amines is 1. The summed E-state index contributed by atoms with van der Waals surface area (Å²) in [6.45, 7) is 3.97. The van der Waals surface area contributed by atoms with Gasteiger partial charge >= 0.3 is 0 Å². The molecule has 1 fully saturated rings. The molecule has 1 aromatic heterocycles. The van der Waals surface area contributed by atoms with Gasteiger partial charge in [-0.15, -0.1) is 0 Å². The molecule has 2 heterocycles. The van der Waals surface area contributed by atoms with Gasteiger partial charge in [-0.1, -0.05) is 18.2 Å². The molecule has 8 heteroatoms. The molecule has 160 valence electrons. The van der Waals surface area contributed by atoms with E-state index in [4.69, 9.17) is 4.74 Å². The van der Waals surface area contributed by atoms with E-state index in [0.29, 0.717) is 23.6 Å². The van der Waals surface area contributed by atoms with Gasteiger partial charge in [0, 0.05) is 31.9 Å².